The molecular formula is C29H35N3O5S. The van der Waals surface area contributed by atoms with Gasteiger partial charge in [-0.25, -0.2) is 8.42 Å². The van der Waals surface area contributed by atoms with Crippen LogP contribution >= 0.6 is 0 Å². The maximum atomic E-state index is 13.9. The number of sulfonamides is 1. The van der Waals surface area contributed by atoms with Gasteiger partial charge in [0.15, 0.2) is 0 Å². The van der Waals surface area contributed by atoms with Crippen molar-refractivity contribution in [2.75, 3.05) is 24.5 Å². The third kappa shape index (κ3) is 7.13. The molecule has 0 bridgehead atoms. The summed E-state index contributed by atoms with van der Waals surface area (Å²) in [5.41, 5.74) is 2.17. The number of anilines is 1. The van der Waals surface area contributed by atoms with Crippen LogP contribution in [-0.4, -0.2) is 51.4 Å². The maximum absolute atomic E-state index is 13.9. The Morgan fingerprint density at radius 2 is 1.66 bits per heavy atom. The molecule has 0 saturated carbocycles. The van der Waals surface area contributed by atoms with Gasteiger partial charge < -0.3 is 15.0 Å². The molecule has 0 aliphatic heterocycles. The van der Waals surface area contributed by atoms with Crippen molar-refractivity contribution >= 4 is 27.5 Å². The lowest BCUT2D eigenvalue weighted by Crippen LogP contribution is -2.51. The molecule has 0 fully saturated rings. The second-order valence-electron chi connectivity index (χ2n) is 9.00. The Kier molecular flexibility index (Phi) is 9.90. The van der Waals surface area contributed by atoms with Gasteiger partial charge in [-0.3, -0.25) is 13.9 Å². The average Bonchev–Trinajstić information content (AvgIpc) is 2.93. The van der Waals surface area contributed by atoms with E-state index in [0.29, 0.717) is 18.0 Å². The predicted octanol–water partition coefficient (Wildman–Crippen LogP) is 4.14. The SMILES string of the molecule is CCCNC(=O)[C@H](C)N(Cc1cccc(C)c1)C(=O)CN(c1ccc(OC)cc1)S(=O)(=O)c1ccccc1. The minimum absolute atomic E-state index is 0.0580. The van der Waals surface area contributed by atoms with Gasteiger partial charge in [0, 0.05) is 13.1 Å². The van der Waals surface area contributed by atoms with Gasteiger partial charge in [0.2, 0.25) is 11.8 Å². The number of hydrogen-bond donors (Lipinski definition) is 1. The summed E-state index contributed by atoms with van der Waals surface area (Å²) >= 11 is 0. The molecule has 1 atom stereocenters. The highest BCUT2D eigenvalue weighted by Gasteiger charge is 2.32. The van der Waals surface area contributed by atoms with Crippen molar-refractivity contribution in [1.29, 1.82) is 0 Å². The van der Waals surface area contributed by atoms with Gasteiger partial charge in [0.25, 0.3) is 10.0 Å². The number of nitrogens with zero attached hydrogens (tertiary/aromatic N) is 2. The van der Waals surface area contributed by atoms with E-state index in [1.165, 1.54) is 24.1 Å². The van der Waals surface area contributed by atoms with E-state index < -0.39 is 28.5 Å². The number of methoxy groups -OCH3 is 1. The summed E-state index contributed by atoms with van der Waals surface area (Å²) in [6.45, 7) is 5.70. The first kappa shape index (κ1) is 28.7. The zero-order chi connectivity index (χ0) is 27.7. The first-order valence-electron chi connectivity index (χ1n) is 12.5. The standard InChI is InChI=1S/C29H35N3O5S/c1-5-18-30-29(34)23(3)31(20-24-11-9-10-22(2)19-24)28(33)21-32(25-14-16-26(37-4)17-15-25)38(35,36)27-12-7-6-8-13-27/h6-17,19,23H,5,18,20-21H2,1-4H3,(H,30,34)/t23-/m0/s1. The Morgan fingerprint density at radius 3 is 2.26 bits per heavy atom. The normalized spacial score (nSPS) is 11.9. The van der Waals surface area contributed by atoms with Gasteiger partial charge in [-0.05, 0) is 62.2 Å². The highest BCUT2D eigenvalue weighted by atomic mass is 32.2. The molecule has 3 aromatic carbocycles. The zero-order valence-electron chi connectivity index (χ0n) is 22.3. The fraction of sp³-hybridized carbons (Fsp3) is 0.310. The molecule has 0 heterocycles. The molecular weight excluding hydrogens is 502 g/mol. The van der Waals surface area contributed by atoms with E-state index in [4.69, 9.17) is 4.74 Å². The molecule has 202 valence electrons. The molecule has 8 nitrogen and oxygen atoms in total. The molecule has 3 aromatic rings. The van der Waals surface area contributed by atoms with E-state index in [9.17, 15) is 18.0 Å². The van der Waals surface area contributed by atoms with Gasteiger partial charge in [-0.15, -0.1) is 0 Å². The summed E-state index contributed by atoms with van der Waals surface area (Å²) in [5, 5.41) is 2.84. The molecule has 0 spiro atoms. The monoisotopic (exact) mass is 537 g/mol. The van der Waals surface area contributed by atoms with E-state index in [-0.39, 0.29) is 17.3 Å². The lowest BCUT2D eigenvalue weighted by Gasteiger charge is -2.32. The first-order chi connectivity index (χ1) is 18.2. The molecule has 0 aliphatic carbocycles. The van der Waals surface area contributed by atoms with Crippen LogP contribution in [0.2, 0.25) is 0 Å². The third-order valence-corrected chi connectivity index (χ3v) is 7.91. The Hall–Kier alpha value is -3.85. The number of carbonyl (C=O) groups excluding carboxylic acids is 2. The van der Waals surface area contributed by atoms with Crippen molar-refractivity contribution in [1.82, 2.24) is 10.2 Å². The van der Waals surface area contributed by atoms with E-state index >= 15 is 0 Å². The highest BCUT2D eigenvalue weighted by molar-refractivity contribution is 7.92. The summed E-state index contributed by atoms with van der Waals surface area (Å²) in [7, 11) is -2.58. The fourth-order valence-electron chi connectivity index (χ4n) is 3.98. The quantitative estimate of drug-likeness (QED) is 0.375. The van der Waals surface area contributed by atoms with Gasteiger partial charge in [-0.1, -0.05) is 55.0 Å². The topological polar surface area (TPSA) is 96.0 Å². The molecule has 0 aliphatic rings. The van der Waals surface area contributed by atoms with Crippen molar-refractivity contribution < 1.29 is 22.7 Å². The Balaban J connectivity index is 2.01. The van der Waals surface area contributed by atoms with Crippen molar-refractivity contribution in [2.24, 2.45) is 0 Å². The second kappa shape index (κ2) is 13.1. The number of rotatable bonds is 12. The van der Waals surface area contributed by atoms with Crippen LogP contribution in [0.4, 0.5) is 5.69 Å². The Morgan fingerprint density at radius 1 is 0.974 bits per heavy atom. The number of aryl methyl sites for hydroxylation is 1. The molecule has 0 radical (unpaired) electrons. The van der Waals surface area contributed by atoms with Crippen LogP contribution in [0, 0.1) is 6.92 Å². The molecule has 0 aromatic heterocycles. The smallest absolute Gasteiger partial charge is 0.264 e. The number of hydrogen-bond acceptors (Lipinski definition) is 5. The number of benzene rings is 3. The average molecular weight is 538 g/mol. The van der Waals surface area contributed by atoms with Crippen LogP contribution in [0.25, 0.3) is 0 Å². The van der Waals surface area contributed by atoms with Crippen LogP contribution in [0.3, 0.4) is 0 Å². The number of ether oxygens (including phenoxy) is 1. The van der Waals surface area contributed by atoms with Crippen LogP contribution in [0.5, 0.6) is 5.75 Å². The summed E-state index contributed by atoms with van der Waals surface area (Å²) in [5.74, 6) is -0.241. The number of nitrogens with one attached hydrogen (secondary N) is 1. The Bertz CT molecular complexity index is 1330. The predicted molar refractivity (Wildman–Crippen MR) is 148 cm³/mol. The lowest BCUT2D eigenvalue weighted by molar-refractivity contribution is -0.139. The van der Waals surface area contributed by atoms with Gasteiger partial charge in [0.1, 0.15) is 18.3 Å². The second-order valence-corrected chi connectivity index (χ2v) is 10.9. The van der Waals surface area contributed by atoms with E-state index in [0.717, 1.165) is 21.9 Å². The molecule has 3 rings (SSSR count). The summed E-state index contributed by atoms with van der Waals surface area (Å²) < 4.78 is 33.8. The summed E-state index contributed by atoms with van der Waals surface area (Å²) in [4.78, 5) is 28.2. The molecule has 38 heavy (non-hydrogen) atoms. The van der Waals surface area contributed by atoms with Crippen molar-refractivity contribution in [2.45, 2.75) is 44.7 Å². The molecule has 9 heteroatoms. The Labute approximate surface area is 225 Å². The fourth-order valence-corrected chi connectivity index (χ4v) is 5.42. The molecule has 0 unspecified atom stereocenters. The van der Waals surface area contributed by atoms with Crippen LogP contribution in [-0.2, 0) is 26.2 Å². The van der Waals surface area contributed by atoms with Gasteiger partial charge in [-0.2, -0.15) is 0 Å². The van der Waals surface area contributed by atoms with Gasteiger partial charge in [0.05, 0.1) is 17.7 Å². The summed E-state index contributed by atoms with van der Waals surface area (Å²) in [6, 6.07) is 21.3. The summed E-state index contributed by atoms with van der Waals surface area (Å²) in [6.07, 6.45) is 0.755. The van der Waals surface area contributed by atoms with Crippen molar-refractivity contribution in [3.8, 4) is 5.75 Å². The molecule has 0 saturated heterocycles. The number of amides is 2. The van der Waals surface area contributed by atoms with Crippen LogP contribution < -0.4 is 14.4 Å². The van der Waals surface area contributed by atoms with Crippen LogP contribution in [0.15, 0.2) is 83.8 Å². The largest absolute Gasteiger partial charge is 0.497 e. The molecule has 2 amide bonds. The highest BCUT2D eigenvalue weighted by Crippen LogP contribution is 2.26. The lowest BCUT2D eigenvalue weighted by atomic mass is 10.1. The third-order valence-electron chi connectivity index (χ3n) is 6.12. The minimum atomic E-state index is -4.10. The van der Waals surface area contributed by atoms with E-state index in [2.05, 4.69) is 5.32 Å². The van der Waals surface area contributed by atoms with E-state index in [1.807, 2.05) is 38.1 Å². The first-order valence-corrected chi connectivity index (χ1v) is 14.0. The zero-order valence-corrected chi connectivity index (χ0v) is 23.1. The minimum Gasteiger partial charge on any atom is -0.497 e. The maximum Gasteiger partial charge on any atom is 0.264 e. The van der Waals surface area contributed by atoms with E-state index in [1.54, 1.807) is 49.4 Å². The van der Waals surface area contributed by atoms with Crippen LogP contribution in [0.1, 0.15) is 31.4 Å². The van der Waals surface area contributed by atoms with Crippen molar-refractivity contribution in [3.05, 3.63) is 90.0 Å². The number of carbonyl (C=O) groups is 2. The van der Waals surface area contributed by atoms with Crippen molar-refractivity contribution in [3.63, 3.8) is 0 Å². The van der Waals surface area contributed by atoms with Gasteiger partial charge >= 0.3 is 0 Å². The molecule has 1 N–H and O–H groups in total.